The predicted molar refractivity (Wildman–Crippen MR) is 322 cm³/mol. The number of aryl methyl sites for hydroxylation is 1. The minimum atomic E-state index is -4.25. The second-order valence-corrected chi connectivity index (χ2v) is 24.4. The maximum atomic E-state index is 13.2. The van der Waals surface area contributed by atoms with E-state index >= 15 is 0 Å². The Labute approximate surface area is 507 Å². The number of quaternary nitrogens is 2. The molecule has 6 aromatic carbocycles. The highest BCUT2D eigenvalue weighted by Gasteiger charge is 2.42. The molecular formula is C65H82N2O17S2. The van der Waals surface area contributed by atoms with Crippen molar-refractivity contribution in [2.45, 2.75) is 86.6 Å². The Balaban J connectivity index is 0.000000496. The Hall–Kier alpha value is -7.40. The zero-order valence-electron chi connectivity index (χ0n) is 51.0. The maximum absolute atomic E-state index is 13.2. The van der Waals surface area contributed by atoms with Crippen molar-refractivity contribution in [3.05, 3.63) is 160 Å². The van der Waals surface area contributed by atoms with Gasteiger partial charge in [-0.15, -0.1) is 0 Å². The van der Waals surface area contributed by atoms with E-state index in [0.717, 1.165) is 67.8 Å². The number of ether oxygens (including phenoxy) is 9. The molecule has 0 aliphatic carbocycles. The van der Waals surface area contributed by atoms with Crippen LogP contribution in [0.3, 0.4) is 0 Å². The molecule has 21 heteroatoms. The van der Waals surface area contributed by atoms with Crippen LogP contribution in [0.2, 0.25) is 0 Å². The van der Waals surface area contributed by atoms with E-state index in [2.05, 4.69) is 62.6 Å². The fourth-order valence-corrected chi connectivity index (χ4v) is 12.0. The van der Waals surface area contributed by atoms with E-state index in [1.807, 2.05) is 19.1 Å². The average Bonchev–Trinajstić information content (AvgIpc) is 0.841. The number of likely N-dealkylation sites (N-methyl/N-ethyl adjacent to an activating group) is 2. The fourth-order valence-electron chi connectivity index (χ4n) is 11.1. The first kappa shape index (κ1) is 67.7. The van der Waals surface area contributed by atoms with Crippen molar-refractivity contribution >= 4 is 32.2 Å². The SMILES string of the molecule is COc1cc(CC2c3cc(OC)c(OC)cc3CC[N@+]2(C)CCC(=O)OCCCCCOC(=O)CC[N@@+]2(C)CCc3cc(OC)c(OC)cc3[C@H]2Cc2ccc(OC)c(OC)c2)ccc1C.O=S(=O)([O-])c1ccccc1.O=S(=O)([O-])c1ccccc1. The second-order valence-electron chi connectivity index (χ2n) is 21.6. The molecule has 0 fully saturated rings. The van der Waals surface area contributed by atoms with Gasteiger partial charge in [0, 0.05) is 36.8 Å². The maximum Gasteiger partial charge on any atom is 0.311 e. The number of benzene rings is 6. The first-order chi connectivity index (χ1) is 41.0. The zero-order chi connectivity index (χ0) is 62.7. The van der Waals surface area contributed by atoms with E-state index in [1.165, 1.54) is 76.3 Å². The number of rotatable bonds is 25. The number of unbranched alkanes of at least 4 members (excludes halogenated alkanes) is 2. The van der Waals surface area contributed by atoms with Crippen LogP contribution in [0.5, 0.6) is 40.2 Å². The molecule has 0 N–H and O–H groups in total. The summed E-state index contributed by atoms with van der Waals surface area (Å²) in [5, 5.41) is 0. The van der Waals surface area contributed by atoms with Crippen molar-refractivity contribution in [2.75, 3.05) is 103 Å². The van der Waals surface area contributed by atoms with Gasteiger partial charge in [-0.05, 0) is 121 Å². The van der Waals surface area contributed by atoms with Crippen LogP contribution in [0, 0.1) is 6.92 Å². The van der Waals surface area contributed by atoms with Crippen molar-refractivity contribution in [1.29, 1.82) is 0 Å². The van der Waals surface area contributed by atoms with Gasteiger partial charge in [-0.1, -0.05) is 54.6 Å². The van der Waals surface area contributed by atoms with Gasteiger partial charge in [-0.2, -0.15) is 0 Å². The van der Waals surface area contributed by atoms with E-state index in [-0.39, 0.29) is 33.8 Å². The number of carbonyl (C=O) groups excluding carboxylic acids is 2. The Kier molecular flexibility index (Phi) is 24.7. The van der Waals surface area contributed by atoms with Gasteiger partial charge in [-0.25, -0.2) is 16.8 Å². The number of carbonyl (C=O) groups is 2. The molecule has 4 atom stereocenters. The van der Waals surface area contributed by atoms with Crippen molar-refractivity contribution in [2.24, 2.45) is 0 Å². The summed E-state index contributed by atoms with van der Waals surface area (Å²) in [5.74, 6) is 4.63. The highest BCUT2D eigenvalue weighted by Crippen LogP contribution is 2.45. The Morgan fingerprint density at radius 3 is 1.20 bits per heavy atom. The third kappa shape index (κ3) is 18.3. The molecule has 0 bridgehead atoms. The summed E-state index contributed by atoms with van der Waals surface area (Å²) >= 11 is 0. The predicted octanol–water partition coefficient (Wildman–Crippen LogP) is 9.55. The number of methoxy groups -OCH3 is 7. The summed E-state index contributed by atoms with van der Waals surface area (Å²) in [6.45, 7) is 5.69. The molecule has 0 saturated carbocycles. The van der Waals surface area contributed by atoms with Crippen molar-refractivity contribution in [1.82, 2.24) is 0 Å². The second kappa shape index (κ2) is 31.3. The highest BCUT2D eigenvalue weighted by atomic mass is 32.2. The van der Waals surface area contributed by atoms with Crippen LogP contribution in [0.25, 0.3) is 0 Å². The van der Waals surface area contributed by atoms with E-state index in [1.54, 1.807) is 61.9 Å². The highest BCUT2D eigenvalue weighted by molar-refractivity contribution is 7.86. The van der Waals surface area contributed by atoms with E-state index in [4.69, 9.17) is 42.6 Å². The summed E-state index contributed by atoms with van der Waals surface area (Å²) in [6.07, 6.45) is 5.98. The first-order valence-electron chi connectivity index (χ1n) is 28.4. The Morgan fingerprint density at radius 1 is 0.465 bits per heavy atom. The quantitative estimate of drug-likeness (QED) is 0.0225. The molecule has 8 rings (SSSR count). The van der Waals surface area contributed by atoms with Gasteiger partial charge >= 0.3 is 11.9 Å². The molecule has 466 valence electrons. The average molecular weight is 1230 g/mol. The molecule has 2 heterocycles. The lowest BCUT2D eigenvalue weighted by Gasteiger charge is -2.46. The number of fused-ring (bicyclic) bond motifs is 2. The molecule has 2 aliphatic rings. The van der Waals surface area contributed by atoms with Gasteiger partial charge in [0.15, 0.2) is 34.5 Å². The van der Waals surface area contributed by atoms with Crippen LogP contribution < -0.4 is 33.2 Å². The van der Waals surface area contributed by atoms with Crippen molar-refractivity contribution in [3.8, 4) is 40.2 Å². The molecule has 19 nitrogen and oxygen atoms in total. The van der Waals surface area contributed by atoms with Crippen LogP contribution in [0.4, 0.5) is 0 Å². The topological polar surface area (TPSA) is 232 Å². The van der Waals surface area contributed by atoms with Crippen LogP contribution in [0.15, 0.2) is 131 Å². The monoisotopic (exact) mass is 1230 g/mol. The van der Waals surface area contributed by atoms with Gasteiger partial charge in [0.1, 0.15) is 38.1 Å². The zero-order valence-corrected chi connectivity index (χ0v) is 52.6. The molecule has 2 aliphatic heterocycles. The fraction of sp³-hybridized carbons (Fsp3) is 0.415. The lowest BCUT2D eigenvalue weighted by molar-refractivity contribution is -0.940. The van der Waals surface area contributed by atoms with Crippen LogP contribution in [-0.2, 0) is 65.0 Å². The molecule has 1 unspecified atom stereocenters. The lowest BCUT2D eigenvalue weighted by Crippen LogP contribution is -2.53. The van der Waals surface area contributed by atoms with E-state index in [9.17, 15) is 35.5 Å². The molecule has 0 spiro atoms. The van der Waals surface area contributed by atoms with Gasteiger partial charge in [0.2, 0.25) is 0 Å². The number of hydrogen-bond donors (Lipinski definition) is 0. The first-order valence-corrected chi connectivity index (χ1v) is 31.2. The molecule has 6 aromatic rings. The summed E-state index contributed by atoms with van der Waals surface area (Å²) in [4.78, 5) is 26.0. The van der Waals surface area contributed by atoms with Crippen molar-refractivity contribution < 1.29 is 87.1 Å². The summed E-state index contributed by atoms with van der Waals surface area (Å²) in [7, 11) is 7.58. The Morgan fingerprint density at radius 2 is 0.826 bits per heavy atom. The van der Waals surface area contributed by atoms with E-state index < -0.39 is 20.2 Å². The van der Waals surface area contributed by atoms with Gasteiger partial charge in [0.05, 0.1) is 126 Å². The van der Waals surface area contributed by atoms with Gasteiger partial charge in [-0.3, -0.25) is 9.59 Å². The standard InChI is InChI=1S/C53H72N2O11.2C6H6O3S/c1-36-14-15-37(30-46(36)59-5)28-43-41-34-50(63-9)48(61-7)32-39(41)18-22-54(43,2)24-20-52(56)65-26-12-11-13-27-66-53(57)21-25-55(3)23-19-40-33-49(62-8)51(64-10)35-42(40)44(55)29-38-16-17-45(58-4)47(31-38)60-6;2*7-10(8,9)6-4-2-1-3-5-6/h14-17,30-35,43-44H,11-13,18-29H2,1-10H3;2*1-5H,(H,7,8,9)/q+2;;/p-2/t43?,44-,54-,55-;;/m1../s1. The minimum absolute atomic E-state index is 0.0433. The summed E-state index contributed by atoms with van der Waals surface area (Å²) < 4.78 is 114. The van der Waals surface area contributed by atoms with E-state index in [0.29, 0.717) is 89.7 Å². The molecule has 86 heavy (non-hydrogen) atoms. The third-order valence-electron chi connectivity index (χ3n) is 16.1. The van der Waals surface area contributed by atoms with Crippen LogP contribution >= 0.6 is 0 Å². The van der Waals surface area contributed by atoms with Crippen LogP contribution in [0.1, 0.15) is 83.1 Å². The number of nitrogens with zero attached hydrogens (tertiary/aromatic N) is 2. The third-order valence-corrected chi connectivity index (χ3v) is 17.8. The summed E-state index contributed by atoms with van der Waals surface area (Å²) in [5.41, 5.74) is 8.22. The number of hydrogen-bond acceptors (Lipinski definition) is 17. The molecular weight excluding hydrogens is 1140 g/mol. The normalized spacial score (nSPS) is 17.8. The number of esters is 2. The van der Waals surface area contributed by atoms with Gasteiger partial charge in [0.25, 0.3) is 0 Å². The van der Waals surface area contributed by atoms with Crippen molar-refractivity contribution in [3.63, 3.8) is 0 Å². The molecule has 0 aromatic heterocycles. The van der Waals surface area contributed by atoms with Crippen LogP contribution in [-0.4, -0.2) is 150 Å². The largest absolute Gasteiger partial charge is 0.744 e. The smallest absolute Gasteiger partial charge is 0.311 e. The lowest BCUT2D eigenvalue weighted by atomic mass is 9.86. The minimum Gasteiger partial charge on any atom is -0.744 e. The summed E-state index contributed by atoms with van der Waals surface area (Å²) in [6, 6.07) is 35.3. The molecule has 0 amide bonds. The van der Waals surface area contributed by atoms with Gasteiger partial charge < -0.3 is 60.7 Å². The molecule has 0 radical (unpaired) electrons. The Bertz CT molecular complexity index is 3370. The molecule has 0 saturated heterocycles.